The van der Waals surface area contributed by atoms with Crippen molar-refractivity contribution in [3.63, 3.8) is 0 Å². The second-order valence-electron chi connectivity index (χ2n) is 6.14. The van der Waals surface area contributed by atoms with Gasteiger partial charge in [0.15, 0.2) is 0 Å². The Labute approximate surface area is 126 Å². The van der Waals surface area contributed by atoms with E-state index < -0.39 is 0 Å². The van der Waals surface area contributed by atoms with E-state index >= 15 is 0 Å². The third-order valence-corrected chi connectivity index (χ3v) is 3.71. The molecule has 1 heterocycles. The Bertz CT molecular complexity index is 458. The van der Waals surface area contributed by atoms with Gasteiger partial charge < -0.3 is 9.64 Å². The molecule has 0 spiro atoms. The van der Waals surface area contributed by atoms with E-state index in [1.165, 1.54) is 12.1 Å². The van der Waals surface area contributed by atoms with Crippen LogP contribution >= 0.6 is 0 Å². The van der Waals surface area contributed by atoms with Crippen LogP contribution in [0.5, 0.6) is 0 Å². The van der Waals surface area contributed by atoms with Crippen LogP contribution in [0.3, 0.4) is 0 Å². The van der Waals surface area contributed by atoms with Crippen molar-refractivity contribution < 1.29 is 13.9 Å². The number of carbonyl (C=O) groups is 1. The van der Waals surface area contributed by atoms with E-state index in [0.717, 1.165) is 24.9 Å². The van der Waals surface area contributed by atoms with E-state index in [0.29, 0.717) is 25.5 Å². The molecule has 0 saturated carbocycles. The minimum absolute atomic E-state index is 0.0833. The van der Waals surface area contributed by atoms with Gasteiger partial charge in [0, 0.05) is 19.5 Å². The number of ether oxygens (including phenoxy) is 1. The van der Waals surface area contributed by atoms with Crippen LogP contribution in [-0.2, 0) is 16.1 Å². The maximum atomic E-state index is 12.8. The van der Waals surface area contributed by atoms with E-state index in [9.17, 15) is 9.18 Å². The monoisotopic (exact) mass is 293 g/mol. The van der Waals surface area contributed by atoms with Crippen LogP contribution in [0.25, 0.3) is 0 Å². The summed E-state index contributed by atoms with van der Waals surface area (Å²) >= 11 is 0. The first-order chi connectivity index (χ1) is 10.0. The van der Waals surface area contributed by atoms with Crippen molar-refractivity contribution in [2.75, 3.05) is 13.1 Å². The lowest BCUT2D eigenvalue weighted by Gasteiger charge is -2.33. The SMILES string of the molecule is CC(C)CC(=O)N1CCCC(OCc2ccc(F)cc2)C1. The summed E-state index contributed by atoms with van der Waals surface area (Å²) in [6.07, 6.45) is 2.65. The van der Waals surface area contributed by atoms with Gasteiger partial charge in [-0.1, -0.05) is 26.0 Å². The first-order valence-electron chi connectivity index (χ1n) is 7.68. The second kappa shape index (κ2) is 7.55. The first-order valence-corrected chi connectivity index (χ1v) is 7.68. The van der Waals surface area contributed by atoms with Gasteiger partial charge in [-0.3, -0.25) is 4.79 Å². The molecule has 0 aliphatic carbocycles. The molecule has 1 aromatic rings. The zero-order valence-electron chi connectivity index (χ0n) is 12.8. The Morgan fingerprint density at radius 1 is 1.38 bits per heavy atom. The van der Waals surface area contributed by atoms with E-state index in [2.05, 4.69) is 13.8 Å². The highest BCUT2D eigenvalue weighted by atomic mass is 19.1. The highest BCUT2D eigenvalue weighted by Crippen LogP contribution is 2.17. The summed E-state index contributed by atoms with van der Waals surface area (Å²) in [7, 11) is 0. The van der Waals surface area contributed by atoms with Gasteiger partial charge in [-0.15, -0.1) is 0 Å². The Morgan fingerprint density at radius 2 is 2.10 bits per heavy atom. The number of hydrogen-bond acceptors (Lipinski definition) is 2. The standard InChI is InChI=1S/C17H24FNO2/c1-13(2)10-17(20)19-9-3-4-16(11-19)21-12-14-5-7-15(18)8-6-14/h5-8,13,16H,3-4,9-12H2,1-2H3. The number of likely N-dealkylation sites (tertiary alicyclic amines) is 1. The van der Waals surface area contributed by atoms with Crippen LogP contribution in [0, 0.1) is 11.7 Å². The van der Waals surface area contributed by atoms with Gasteiger partial charge in [-0.2, -0.15) is 0 Å². The molecule has 2 rings (SSSR count). The summed E-state index contributed by atoms with van der Waals surface area (Å²) in [5.41, 5.74) is 0.960. The molecule has 1 aliphatic rings. The molecule has 1 aromatic carbocycles. The lowest BCUT2D eigenvalue weighted by atomic mass is 10.1. The number of benzene rings is 1. The predicted molar refractivity (Wildman–Crippen MR) is 80.2 cm³/mol. The molecule has 3 nitrogen and oxygen atoms in total. The van der Waals surface area contributed by atoms with Crippen molar-refractivity contribution in [3.8, 4) is 0 Å². The molecule has 0 N–H and O–H groups in total. The average molecular weight is 293 g/mol. The highest BCUT2D eigenvalue weighted by Gasteiger charge is 2.24. The van der Waals surface area contributed by atoms with Crippen LogP contribution < -0.4 is 0 Å². The fourth-order valence-corrected chi connectivity index (χ4v) is 2.57. The van der Waals surface area contributed by atoms with Crippen LogP contribution in [0.15, 0.2) is 24.3 Å². The number of carbonyl (C=O) groups excluding carboxylic acids is 1. The third-order valence-electron chi connectivity index (χ3n) is 3.71. The number of hydrogen-bond donors (Lipinski definition) is 0. The molecule has 0 radical (unpaired) electrons. The van der Waals surface area contributed by atoms with Gasteiger partial charge in [0.25, 0.3) is 0 Å². The second-order valence-corrected chi connectivity index (χ2v) is 6.14. The topological polar surface area (TPSA) is 29.5 Å². The Balaban J connectivity index is 1.81. The van der Waals surface area contributed by atoms with E-state index in [1.54, 1.807) is 12.1 Å². The maximum Gasteiger partial charge on any atom is 0.222 e. The minimum Gasteiger partial charge on any atom is -0.372 e. The molecule has 0 bridgehead atoms. The lowest BCUT2D eigenvalue weighted by molar-refractivity contribution is -0.136. The van der Waals surface area contributed by atoms with Crippen molar-refractivity contribution in [3.05, 3.63) is 35.6 Å². The van der Waals surface area contributed by atoms with Crippen LogP contribution in [-0.4, -0.2) is 30.0 Å². The van der Waals surface area contributed by atoms with Crippen molar-refractivity contribution in [1.29, 1.82) is 0 Å². The summed E-state index contributed by atoms with van der Waals surface area (Å²) in [5.74, 6) is 0.375. The molecule has 1 fully saturated rings. The van der Waals surface area contributed by atoms with Crippen molar-refractivity contribution in [2.24, 2.45) is 5.92 Å². The molecular formula is C17H24FNO2. The molecule has 116 valence electrons. The zero-order valence-corrected chi connectivity index (χ0v) is 12.8. The molecule has 1 amide bonds. The van der Waals surface area contributed by atoms with Gasteiger partial charge in [-0.05, 0) is 36.5 Å². The lowest BCUT2D eigenvalue weighted by Crippen LogP contribution is -2.43. The summed E-state index contributed by atoms with van der Waals surface area (Å²) in [5, 5.41) is 0. The molecule has 21 heavy (non-hydrogen) atoms. The Morgan fingerprint density at radius 3 is 2.76 bits per heavy atom. The normalized spacial score (nSPS) is 19.0. The molecular weight excluding hydrogens is 269 g/mol. The smallest absolute Gasteiger partial charge is 0.222 e. The Kier molecular flexibility index (Phi) is 5.74. The quantitative estimate of drug-likeness (QED) is 0.833. The largest absolute Gasteiger partial charge is 0.372 e. The number of piperidine rings is 1. The third kappa shape index (κ3) is 5.12. The van der Waals surface area contributed by atoms with Gasteiger partial charge in [0.2, 0.25) is 5.91 Å². The zero-order chi connectivity index (χ0) is 15.2. The van der Waals surface area contributed by atoms with E-state index in [4.69, 9.17) is 4.74 Å². The average Bonchev–Trinajstić information content (AvgIpc) is 2.46. The number of amides is 1. The van der Waals surface area contributed by atoms with Gasteiger partial charge in [0.05, 0.1) is 12.7 Å². The first kappa shape index (κ1) is 16.0. The maximum absolute atomic E-state index is 12.8. The van der Waals surface area contributed by atoms with Crippen LogP contribution in [0.2, 0.25) is 0 Å². The predicted octanol–water partition coefficient (Wildman–Crippen LogP) is 3.38. The van der Waals surface area contributed by atoms with Gasteiger partial charge in [-0.25, -0.2) is 4.39 Å². The highest BCUT2D eigenvalue weighted by molar-refractivity contribution is 5.76. The minimum atomic E-state index is -0.234. The molecule has 1 saturated heterocycles. The number of halogens is 1. The number of nitrogens with zero attached hydrogens (tertiary/aromatic N) is 1. The summed E-state index contributed by atoms with van der Waals surface area (Å²) in [6.45, 7) is 6.10. The molecule has 1 atom stereocenters. The molecule has 0 aromatic heterocycles. The van der Waals surface area contributed by atoms with Crippen molar-refractivity contribution in [1.82, 2.24) is 4.90 Å². The van der Waals surface area contributed by atoms with E-state index in [-0.39, 0.29) is 17.8 Å². The van der Waals surface area contributed by atoms with Crippen LogP contribution in [0.1, 0.15) is 38.7 Å². The molecule has 1 unspecified atom stereocenters. The fourth-order valence-electron chi connectivity index (χ4n) is 2.57. The molecule has 4 heteroatoms. The summed E-state index contributed by atoms with van der Waals surface area (Å²) in [4.78, 5) is 14.0. The molecule has 1 aliphatic heterocycles. The summed E-state index contributed by atoms with van der Waals surface area (Å²) in [6, 6.07) is 6.36. The fraction of sp³-hybridized carbons (Fsp3) is 0.588. The number of rotatable bonds is 5. The van der Waals surface area contributed by atoms with Crippen molar-refractivity contribution >= 4 is 5.91 Å². The Hall–Kier alpha value is -1.42. The summed E-state index contributed by atoms with van der Waals surface area (Å²) < 4.78 is 18.7. The van der Waals surface area contributed by atoms with Gasteiger partial charge >= 0.3 is 0 Å². The van der Waals surface area contributed by atoms with Gasteiger partial charge in [0.1, 0.15) is 5.82 Å². The van der Waals surface area contributed by atoms with Crippen LogP contribution in [0.4, 0.5) is 4.39 Å². The van der Waals surface area contributed by atoms with E-state index in [1.807, 2.05) is 4.90 Å². The van der Waals surface area contributed by atoms with Crippen molar-refractivity contribution in [2.45, 2.75) is 45.8 Å².